The summed E-state index contributed by atoms with van der Waals surface area (Å²) in [6, 6.07) is 15.7. The van der Waals surface area contributed by atoms with Gasteiger partial charge in [-0.1, -0.05) is 43.7 Å². The van der Waals surface area contributed by atoms with Crippen molar-refractivity contribution >= 4 is 5.91 Å². The summed E-state index contributed by atoms with van der Waals surface area (Å²) in [5, 5.41) is 2.87. The van der Waals surface area contributed by atoms with Gasteiger partial charge in [0.1, 0.15) is 18.1 Å². The predicted octanol–water partition coefficient (Wildman–Crippen LogP) is 3.91. The molecule has 4 nitrogen and oxygen atoms in total. The van der Waals surface area contributed by atoms with Crippen LogP contribution in [0.2, 0.25) is 0 Å². The van der Waals surface area contributed by atoms with Crippen LogP contribution in [0, 0.1) is 6.92 Å². The lowest BCUT2D eigenvalue weighted by atomic mass is 10.2. The lowest BCUT2D eigenvalue weighted by Crippen LogP contribution is -2.39. The summed E-state index contributed by atoms with van der Waals surface area (Å²) in [7, 11) is 0. The number of amides is 1. The topological polar surface area (TPSA) is 47.6 Å². The fraction of sp³-hybridized carbons (Fsp3) is 0.381. The van der Waals surface area contributed by atoms with Crippen LogP contribution in [0.5, 0.6) is 11.5 Å². The number of carbonyl (C=O) groups is 1. The molecule has 4 heteroatoms. The summed E-state index contributed by atoms with van der Waals surface area (Å²) in [4.78, 5) is 12.3. The summed E-state index contributed by atoms with van der Waals surface area (Å²) in [5.41, 5.74) is 2.44. The highest BCUT2D eigenvalue weighted by atomic mass is 16.5. The van der Waals surface area contributed by atoms with Crippen molar-refractivity contribution in [3.63, 3.8) is 0 Å². The Balaban J connectivity index is 1.75. The summed E-state index contributed by atoms with van der Waals surface area (Å²) < 4.78 is 11.4. The maximum absolute atomic E-state index is 12.3. The second-order valence-corrected chi connectivity index (χ2v) is 5.96. The zero-order chi connectivity index (χ0) is 18.1. The third kappa shape index (κ3) is 6.14. The van der Waals surface area contributed by atoms with Crippen LogP contribution in [0.25, 0.3) is 0 Å². The molecule has 2 aromatic carbocycles. The number of aryl methyl sites for hydroxylation is 2. The fourth-order valence-corrected chi connectivity index (χ4v) is 2.38. The minimum atomic E-state index is -0.494. The summed E-state index contributed by atoms with van der Waals surface area (Å²) in [6.07, 6.45) is 1.10. The number of hydrogen-bond donors (Lipinski definition) is 1. The Bertz CT molecular complexity index is 650. The van der Waals surface area contributed by atoms with Crippen molar-refractivity contribution in [2.24, 2.45) is 0 Å². The second-order valence-electron chi connectivity index (χ2n) is 5.96. The van der Waals surface area contributed by atoms with E-state index >= 15 is 0 Å². The Morgan fingerprint density at radius 1 is 1.00 bits per heavy atom. The highest BCUT2D eigenvalue weighted by molar-refractivity contribution is 5.81. The molecule has 0 radical (unpaired) electrons. The SMILES string of the molecule is CCc1ccc(O[C@@H](CC)C(=O)NCCOc2ccc(C)cc2)cc1. The lowest BCUT2D eigenvalue weighted by molar-refractivity contribution is -0.128. The number of benzene rings is 2. The zero-order valence-electron chi connectivity index (χ0n) is 15.2. The minimum absolute atomic E-state index is 0.116. The van der Waals surface area contributed by atoms with Crippen molar-refractivity contribution in [2.75, 3.05) is 13.2 Å². The predicted molar refractivity (Wildman–Crippen MR) is 100 cm³/mol. The first kappa shape index (κ1) is 18.8. The maximum atomic E-state index is 12.3. The highest BCUT2D eigenvalue weighted by Crippen LogP contribution is 2.15. The monoisotopic (exact) mass is 341 g/mol. The molecule has 1 atom stereocenters. The Morgan fingerprint density at radius 3 is 2.24 bits per heavy atom. The van der Waals surface area contributed by atoms with E-state index in [0.29, 0.717) is 19.6 Å². The maximum Gasteiger partial charge on any atom is 0.261 e. The van der Waals surface area contributed by atoms with E-state index in [9.17, 15) is 4.79 Å². The lowest BCUT2D eigenvalue weighted by Gasteiger charge is -2.17. The Morgan fingerprint density at radius 2 is 1.64 bits per heavy atom. The quantitative estimate of drug-likeness (QED) is 0.704. The molecule has 134 valence electrons. The summed E-state index contributed by atoms with van der Waals surface area (Å²) in [6.45, 7) is 6.95. The number of ether oxygens (including phenoxy) is 2. The van der Waals surface area contributed by atoms with Gasteiger partial charge in [-0.2, -0.15) is 0 Å². The average molecular weight is 341 g/mol. The molecule has 0 aromatic heterocycles. The zero-order valence-corrected chi connectivity index (χ0v) is 15.2. The third-order valence-corrected chi connectivity index (χ3v) is 3.96. The van der Waals surface area contributed by atoms with Crippen molar-refractivity contribution in [1.29, 1.82) is 0 Å². The molecule has 0 heterocycles. The molecule has 2 rings (SSSR count). The fourth-order valence-electron chi connectivity index (χ4n) is 2.38. The molecule has 1 N–H and O–H groups in total. The van der Waals surface area contributed by atoms with Gasteiger partial charge < -0.3 is 14.8 Å². The van der Waals surface area contributed by atoms with Crippen LogP contribution < -0.4 is 14.8 Å². The van der Waals surface area contributed by atoms with Gasteiger partial charge in [0.25, 0.3) is 5.91 Å². The van der Waals surface area contributed by atoms with Crippen LogP contribution in [0.15, 0.2) is 48.5 Å². The van der Waals surface area contributed by atoms with Crippen molar-refractivity contribution in [2.45, 2.75) is 39.7 Å². The van der Waals surface area contributed by atoms with Crippen molar-refractivity contribution in [1.82, 2.24) is 5.32 Å². The Kier molecular flexibility index (Phi) is 7.33. The molecule has 0 bridgehead atoms. The van der Waals surface area contributed by atoms with Gasteiger partial charge in [-0.05, 0) is 49.6 Å². The molecule has 25 heavy (non-hydrogen) atoms. The van der Waals surface area contributed by atoms with E-state index in [2.05, 4.69) is 12.2 Å². The first-order valence-electron chi connectivity index (χ1n) is 8.85. The smallest absolute Gasteiger partial charge is 0.261 e. The third-order valence-electron chi connectivity index (χ3n) is 3.96. The number of rotatable bonds is 9. The van der Waals surface area contributed by atoms with E-state index in [1.807, 2.05) is 62.4 Å². The van der Waals surface area contributed by atoms with Crippen LogP contribution in [-0.2, 0) is 11.2 Å². The van der Waals surface area contributed by atoms with Crippen LogP contribution >= 0.6 is 0 Å². The van der Waals surface area contributed by atoms with E-state index in [4.69, 9.17) is 9.47 Å². The van der Waals surface area contributed by atoms with Crippen LogP contribution in [0.3, 0.4) is 0 Å². The van der Waals surface area contributed by atoms with E-state index in [1.165, 1.54) is 11.1 Å². The molecule has 0 aliphatic rings. The standard InChI is InChI=1S/C21H27NO3/c1-4-17-8-12-19(13-9-17)25-20(5-2)21(23)22-14-15-24-18-10-6-16(3)7-11-18/h6-13,20H,4-5,14-15H2,1-3H3,(H,22,23)/t20-/m0/s1. The Hall–Kier alpha value is -2.49. The summed E-state index contributed by atoms with van der Waals surface area (Å²) in [5.74, 6) is 1.41. The molecule has 0 unspecified atom stereocenters. The van der Waals surface area contributed by atoms with Gasteiger partial charge >= 0.3 is 0 Å². The first-order valence-corrected chi connectivity index (χ1v) is 8.85. The van der Waals surface area contributed by atoms with Gasteiger partial charge in [-0.3, -0.25) is 4.79 Å². The van der Waals surface area contributed by atoms with Crippen molar-refractivity contribution < 1.29 is 14.3 Å². The van der Waals surface area contributed by atoms with Gasteiger partial charge in [-0.25, -0.2) is 0 Å². The summed E-state index contributed by atoms with van der Waals surface area (Å²) >= 11 is 0. The van der Waals surface area contributed by atoms with Crippen LogP contribution in [-0.4, -0.2) is 25.2 Å². The molecule has 2 aromatic rings. The molecule has 0 fully saturated rings. The van der Waals surface area contributed by atoms with Gasteiger partial charge in [-0.15, -0.1) is 0 Å². The van der Waals surface area contributed by atoms with Gasteiger partial charge in [0, 0.05) is 0 Å². The normalized spacial score (nSPS) is 11.6. The van der Waals surface area contributed by atoms with Crippen molar-refractivity contribution in [3.8, 4) is 11.5 Å². The number of carbonyl (C=O) groups excluding carboxylic acids is 1. The van der Waals surface area contributed by atoms with E-state index in [-0.39, 0.29) is 5.91 Å². The largest absolute Gasteiger partial charge is 0.492 e. The molecule has 0 saturated carbocycles. The van der Waals surface area contributed by atoms with Gasteiger partial charge in [0.15, 0.2) is 6.10 Å². The van der Waals surface area contributed by atoms with E-state index < -0.39 is 6.10 Å². The second kappa shape index (κ2) is 9.72. The molecule has 0 spiro atoms. The Labute approximate surface area is 150 Å². The van der Waals surface area contributed by atoms with Gasteiger partial charge in [0.2, 0.25) is 0 Å². The molecule has 0 saturated heterocycles. The average Bonchev–Trinajstić information content (AvgIpc) is 2.65. The van der Waals surface area contributed by atoms with Crippen LogP contribution in [0.4, 0.5) is 0 Å². The number of hydrogen-bond acceptors (Lipinski definition) is 3. The van der Waals surface area contributed by atoms with E-state index in [1.54, 1.807) is 0 Å². The van der Waals surface area contributed by atoms with Crippen molar-refractivity contribution in [3.05, 3.63) is 59.7 Å². The molecular formula is C21H27NO3. The van der Waals surface area contributed by atoms with E-state index in [0.717, 1.165) is 17.9 Å². The van der Waals surface area contributed by atoms with Crippen LogP contribution in [0.1, 0.15) is 31.4 Å². The minimum Gasteiger partial charge on any atom is -0.492 e. The molecule has 1 amide bonds. The highest BCUT2D eigenvalue weighted by Gasteiger charge is 2.17. The number of nitrogens with one attached hydrogen (secondary N) is 1. The first-order chi connectivity index (χ1) is 12.1. The molecule has 0 aliphatic carbocycles. The molecular weight excluding hydrogens is 314 g/mol. The molecule has 0 aliphatic heterocycles. The van der Waals surface area contributed by atoms with Gasteiger partial charge in [0.05, 0.1) is 6.54 Å².